The quantitative estimate of drug-likeness (QED) is 0.607. The van der Waals surface area contributed by atoms with E-state index in [0.29, 0.717) is 13.0 Å². The highest BCUT2D eigenvalue weighted by molar-refractivity contribution is 9.10. The van der Waals surface area contributed by atoms with Gasteiger partial charge >= 0.3 is 5.97 Å². The summed E-state index contributed by atoms with van der Waals surface area (Å²) >= 11 is 3.46. The molecule has 2 atom stereocenters. The fraction of sp³-hybridized carbons (Fsp3) is 0.412. The molecule has 0 bridgehead atoms. The summed E-state index contributed by atoms with van der Waals surface area (Å²) in [5, 5.41) is 9.51. The summed E-state index contributed by atoms with van der Waals surface area (Å²) in [6.07, 6.45) is 1.98. The number of nitrogens with zero attached hydrogens (tertiary/aromatic N) is 1. The van der Waals surface area contributed by atoms with Crippen molar-refractivity contribution in [2.24, 2.45) is 0 Å². The Bertz CT molecular complexity index is 617. The fourth-order valence-corrected chi connectivity index (χ4v) is 3.23. The van der Waals surface area contributed by atoms with Crippen LogP contribution in [-0.4, -0.2) is 40.6 Å². The van der Waals surface area contributed by atoms with Gasteiger partial charge in [0.25, 0.3) is 5.91 Å². The van der Waals surface area contributed by atoms with E-state index in [-0.39, 0.29) is 18.9 Å². The van der Waals surface area contributed by atoms with Gasteiger partial charge in [-0.2, -0.15) is 0 Å². The molecule has 124 valence electrons. The van der Waals surface area contributed by atoms with Crippen LogP contribution in [0.3, 0.4) is 0 Å². The van der Waals surface area contributed by atoms with Gasteiger partial charge in [-0.1, -0.05) is 34.1 Å². The Kier molecular flexibility index (Phi) is 5.96. The van der Waals surface area contributed by atoms with Crippen molar-refractivity contribution in [3.63, 3.8) is 0 Å². The summed E-state index contributed by atoms with van der Waals surface area (Å²) in [5.41, 5.74) is 1.91. The first-order chi connectivity index (χ1) is 11.0. The van der Waals surface area contributed by atoms with Crippen LogP contribution in [0.4, 0.5) is 0 Å². The molecule has 0 aromatic heterocycles. The summed E-state index contributed by atoms with van der Waals surface area (Å²) in [6, 6.07) is 4.81. The molecule has 0 fully saturated rings. The van der Waals surface area contributed by atoms with Gasteiger partial charge in [0.05, 0.1) is 6.61 Å². The van der Waals surface area contributed by atoms with Crippen molar-refractivity contribution in [3.05, 3.63) is 46.5 Å². The number of halogens is 1. The van der Waals surface area contributed by atoms with Crippen LogP contribution in [0.2, 0.25) is 0 Å². The predicted octanol–water partition coefficient (Wildman–Crippen LogP) is 2.77. The summed E-state index contributed by atoms with van der Waals surface area (Å²) in [7, 11) is 0. The number of fused-ring (bicyclic) bond motifs is 1. The van der Waals surface area contributed by atoms with Crippen LogP contribution in [0.25, 0.3) is 0 Å². The van der Waals surface area contributed by atoms with Gasteiger partial charge in [0.15, 0.2) is 0 Å². The van der Waals surface area contributed by atoms with Crippen molar-refractivity contribution in [2.75, 3.05) is 6.61 Å². The van der Waals surface area contributed by atoms with Crippen LogP contribution in [0.5, 0.6) is 0 Å². The van der Waals surface area contributed by atoms with Crippen molar-refractivity contribution >= 4 is 27.8 Å². The summed E-state index contributed by atoms with van der Waals surface area (Å²) in [5.74, 6) is -1.30. The molecule has 0 saturated carbocycles. The lowest BCUT2D eigenvalue weighted by molar-refractivity contribution is -0.156. The van der Waals surface area contributed by atoms with E-state index >= 15 is 0 Å². The lowest BCUT2D eigenvalue weighted by Crippen LogP contribution is -2.52. The molecular weight excluding hydrogens is 362 g/mol. The third kappa shape index (κ3) is 4.00. The van der Waals surface area contributed by atoms with Crippen molar-refractivity contribution in [3.8, 4) is 0 Å². The summed E-state index contributed by atoms with van der Waals surface area (Å²) in [4.78, 5) is 25.6. The number of aliphatic carboxylic acids is 1. The molecule has 0 saturated heterocycles. The molecule has 0 aliphatic carbocycles. The van der Waals surface area contributed by atoms with E-state index < -0.39 is 18.1 Å². The molecule has 1 aliphatic heterocycles. The summed E-state index contributed by atoms with van der Waals surface area (Å²) < 4.78 is 6.35. The number of amides is 1. The first-order valence-electron chi connectivity index (χ1n) is 7.47. The normalized spacial score (nSPS) is 18.2. The van der Waals surface area contributed by atoms with Crippen molar-refractivity contribution in [2.45, 2.75) is 38.5 Å². The highest BCUT2D eigenvalue weighted by Crippen LogP contribution is 2.30. The van der Waals surface area contributed by atoms with Gasteiger partial charge in [0, 0.05) is 17.4 Å². The highest BCUT2D eigenvalue weighted by atomic mass is 79.9. The zero-order valence-corrected chi connectivity index (χ0v) is 14.6. The average Bonchev–Trinajstić information content (AvgIpc) is 2.53. The maximum atomic E-state index is 12.6. The third-order valence-electron chi connectivity index (χ3n) is 3.94. The number of hydrogen-bond acceptors (Lipinski definition) is 3. The molecule has 1 aromatic carbocycles. The molecule has 0 radical (unpaired) electrons. The van der Waals surface area contributed by atoms with Crippen molar-refractivity contribution in [1.29, 1.82) is 0 Å². The van der Waals surface area contributed by atoms with Gasteiger partial charge in [-0.15, -0.1) is 6.58 Å². The van der Waals surface area contributed by atoms with Gasteiger partial charge in [-0.25, -0.2) is 4.79 Å². The Morgan fingerprint density at radius 3 is 2.96 bits per heavy atom. The highest BCUT2D eigenvalue weighted by Gasteiger charge is 2.37. The van der Waals surface area contributed by atoms with Gasteiger partial charge in [-0.05, 0) is 30.5 Å². The molecule has 5 nitrogen and oxygen atoms in total. The van der Waals surface area contributed by atoms with E-state index in [9.17, 15) is 14.7 Å². The molecule has 2 unspecified atom stereocenters. The van der Waals surface area contributed by atoms with Crippen molar-refractivity contribution in [1.82, 2.24) is 4.90 Å². The van der Waals surface area contributed by atoms with Gasteiger partial charge in [0.2, 0.25) is 0 Å². The Labute approximate surface area is 144 Å². The third-order valence-corrected chi connectivity index (χ3v) is 4.68. The zero-order chi connectivity index (χ0) is 17.0. The summed E-state index contributed by atoms with van der Waals surface area (Å²) in [6.45, 7) is 5.93. The maximum Gasteiger partial charge on any atom is 0.326 e. The Morgan fingerprint density at radius 1 is 1.57 bits per heavy atom. The number of rotatable bonds is 6. The molecule has 2 rings (SSSR count). The number of ether oxygens (including phenoxy) is 1. The molecule has 1 amide bonds. The molecule has 1 heterocycles. The standard InChI is InChI=1S/C17H20BrNO4/c1-3-4-8-23-11(2)16(20)19-10-12-6-5-7-14(18)13(12)9-15(19)17(21)22/h3,5-7,11,15H,1,4,8-10H2,2H3,(H,21,22). The van der Waals surface area contributed by atoms with E-state index in [2.05, 4.69) is 22.5 Å². The van der Waals surface area contributed by atoms with Crippen molar-refractivity contribution < 1.29 is 19.4 Å². The van der Waals surface area contributed by atoms with Crippen LogP contribution >= 0.6 is 15.9 Å². The van der Waals surface area contributed by atoms with Crippen LogP contribution in [-0.2, 0) is 27.3 Å². The van der Waals surface area contributed by atoms with Crippen LogP contribution in [0.15, 0.2) is 35.3 Å². The molecule has 23 heavy (non-hydrogen) atoms. The molecule has 1 aliphatic rings. The van der Waals surface area contributed by atoms with E-state index in [4.69, 9.17) is 4.74 Å². The van der Waals surface area contributed by atoms with Crippen LogP contribution < -0.4 is 0 Å². The Morgan fingerprint density at radius 2 is 2.30 bits per heavy atom. The predicted molar refractivity (Wildman–Crippen MR) is 90.0 cm³/mol. The average molecular weight is 382 g/mol. The second kappa shape index (κ2) is 7.75. The minimum absolute atomic E-state index is 0.278. The fourth-order valence-electron chi connectivity index (χ4n) is 2.66. The minimum atomic E-state index is -1.00. The number of carbonyl (C=O) groups excluding carboxylic acids is 1. The lowest BCUT2D eigenvalue weighted by Gasteiger charge is -2.36. The molecule has 6 heteroatoms. The Balaban J connectivity index is 2.20. The van der Waals surface area contributed by atoms with Crippen LogP contribution in [0, 0.1) is 0 Å². The number of carboxylic acids is 1. The van der Waals surface area contributed by atoms with Gasteiger partial charge in [-0.3, -0.25) is 4.79 Å². The topological polar surface area (TPSA) is 66.8 Å². The van der Waals surface area contributed by atoms with E-state index in [0.717, 1.165) is 15.6 Å². The number of carbonyl (C=O) groups is 2. The lowest BCUT2D eigenvalue weighted by atomic mass is 9.93. The molecule has 0 spiro atoms. The number of benzene rings is 1. The van der Waals surface area contributed by atoms with Gasteiger partial charge < -0.3 is 14.7 Å². The number of hydrogen-bond donors (Lipinski definition) is 1. The minimum Gasteiger partial charge on any atom is -0.480 e. The van der Waals surface area contributed by atoms with Gasteiger partial charge in [0.1, 0.15) is 12.1 Å². The number of carboxylic acid groups (broad SMARTS) is 1. The largest absolute Gasteiger partial charge is 0.480 e. The second-order valence-electron chi connectivity index (χ2n) is 5.49. The molecular formula is C17H20BrNO4. The zero-order valence-electron chi connectivity index (χ0n) is 13.0. The first-order valence-corrected chi connectivity index (χ1v) is 8.27. The molecule has 1 N–H and O–H groups in total. The van der Waals surface area contributed by atoms with E-state index in [1.165, 1.54) is 4.90 Å². The maximum absolute atomic E-state index is 12.6. The Hall–Kier alpha value is -1.66. The first kappa shape index (κ1) is 17.7. The smallest absolute Gasteiger partial charge is 0.326 e. The monoisotopic (exact) mass is 381 g/mol. The molecule has 1 aromatic rings. The van der Waals surface area contributed by atoms with Crippen LogP contribution in [0.1, 0.15) is 24.5 Å². The van der Waals surface area contributed by atoms with E-state index in [1.807, 2.05) is 18.2 Å². The van der Waals surface area contributed by atoms with E-state index in [1.54, 1.807) is 13.0 Å². The second-order valence-corrected chi connectivity index (χ2v) is 6.35. The SMILES string of the molecule is C=CCCOC(C)C(=O)N1Cc2cccc(Br)c2CC1C(=O)O.